The quantitative estimate of drug-likeness (QED) is 0.662. The number of carbonyl (C=O) groups is 1. The van der Waals surface area contributed by atoms with Crippen LogP contribution in [0.2, 0.25) is 0 Å². The van der Waals surface area contributed by atoms with E-state index in [-0.39, 0.29) is 5.91 Å². The molecule has 146 valence electrons. The van der Waals surface area contributed by atoms with Crippen molar-refractivity contribution in [3.63, 3.8) is 0 Å². The minimum atomic E-state index is 0.149. The lowest BCUT2D eigenvalue weighted by molar-refractivity contribution is -0.132. The topological polar surface area (TPSA) is 62.5 Å². The van der Waals surface area contributed by atoms with Gasteiger partial charge in [-0.15, -0.1) is 11.3 Å². The van der Waals surface area contributed by atoms with Crippen LogP contribution in [0.1, 0.15) is 22.7 Å². The number of rotatable bonds is 5. The van der Waals surface area contributed by atoms with E-state index in [4.69, 9.17) is 4.52 Å². The third-order valence-corrected chi connectivity index (χ3v) is 5.87. The van der Waals surface area contributed by atoms with Crippen LogP contribution < -0.4 is 0 Å². The number of thiazole rings is 1. The average molecular weight is 397 g/mol. The molecule has 3 heterocycles. The molecule has 0 N–H and O–H groups in total. The Morgan fingerprint density at radius 3 is 2.71 bits per heavy atom. The van der Waals surface area contributed by atoms with Gasteiger partial charge in [-0.2, -0.15) is 0 Å². The van der Waals surface area contributed by atoms with Gasteiger partial charge in [0.2, 0.25) is 5.91 Å². The second kappa shape index (κ2) is 8.24. The Labute approximate surface area is 168 Å². The first-order chi connectivity index (χ1) is 13.6. The number of piperazine rings is 1. The monoisotopic (exact) mass is 396 g/mol. The van der Waals surface area contributed by atoms with E-state index in [1.807, 2.05) is 29.3 Å². The molecule has 7 heteroatoms. The van der Waals surface area contributed by atoms with Crippen LogP contribution in [-0.4, -0.2) is 52.0 Å². The minimum Gasteiger partial charge on any atom is -0.360 e. The maximum atomic E-state index is 12.7. The highest BCUT2D eigenvalue weighted by atomic mass is 32.1. The Balaban J connectivity index is 1.30. The van der Waals surface area contributed by atoms with Gasteiger partial charge in [0, 0.05) is 43.2 Å². The number of hydrogen-bond donors (Lipinski definition) is 0. The summed E-state index contributed by atoms with van der Waals surface area (Å²) in [6.07, 6.45) is 0.365. The summed E-state index contributed by atoms with van der Waals surface area (Å²) in [6.45, 7) is 7.90. The van der Waals surface area contributed by atoms with E-state index in [1.165, 1.54) is 5.56 Å². The first kappa shape index (κ1) is 18.8. The second-order valence-corrected chi connectivity index (χ2v) is 8.14. The van der Waals surface area contributed by atoms with Crippen LogP contribution in [0, 0.1) is 13.8 Å². The van der Waals surface area contributed by atoms with Gasteiger partial charge in [0.25, 0.3) is 0 Å². The van der Waals surface area contributed by atoms with E-state index < -0.39 is 0 Å². The van der Waals surface area contributed by atoms with E-state index in [1.54, 1.807) is 11.3 Å². The maximum absolute atomic E-state index is 12.7. The molecule has 1 aliphatic heterocycles. The second-order valence-electron chi connectivity index (χ2n) is 7.28. The molecule has 1 amide bonds. The fourth-order valence-electron chi connectivity index (χ4n) is 3.43. The Morgan fingerprint density at radius 2 is 2.00 bits per heavy atom. The summed E-state index contributed by atoms with van der Waals surface area (Å²) in [5.74, 6) is 1.03. The number of hydrogen-bond acceptors (Lipinski definition) is 6. The van der Waals surface area contributed by atoms with Gasteiger partial charge in [-0.3, -0.25) is 9.69 Å². The Bertz CT molecular complexity index is 957. The van der Waals surface area contributed by atoms with Crippen molar-refractivity contribution in [3.8, 4) is 10.6 Å². The molecular formula is C21H24N4O2S. The first-order valence-corrected chi connectivity index (χ1v) is 10.4. The van der Waals surface area contributed by atoms with Crippen LogP contribution in [0.15, 0.2) is 40.2 Å². The molecule has 0 atom stereocenters. The van der Waals surface area contributed by atoms with Crippen LogP contribution in [0.25, 0.3) is 10.6 Å². The lowest BCUT2D eigenvalue weighted by Crippen LogP contribution is -2.48. The SMILES string of the molecule is Cc1cccc(-c2nc(CC(=O)N3CCN(Cc4cc(C)no4)CC3)cs2)c1. The number of nitrogens with zero attached hydrogens (tertiary/aromatic N) is 4. The summed E-state index contributed by atoms with van der Waals surface area (Å²) in [7, 11) is 0. The van der Waals surface area contributed by atoms with Crippen molar-refractivity contribution in [1.29, 1.82) is 0 Å². The van der Waals surface area contributed by atoms with Crippen molar-refractivity contribution < 1.29 is 9.32 Å². The van der Waals surface area contributed by atoms with Gasteiger partial charge < -0.3 is 9.42 Å². The number of aromatic nitrogens is 2. The predicted octanol–water partition coefficient (Wildman–Crippen LogP) is 3.30. The first-order valence-electron chi connectivity index (χ1n) is 9.50. The third kappa shape index (κ3) is 4.48. The fraction of sp³-hybridized carbons (Fsp3) is 0.381. The lowest BCUT2D eigenvalue weighted by atomic mass is 10.1. The smallest absolute Gasteiger partial charge is 0.228 e. The van der Waals surface area contributed by atoms with Crippen molar-refractivity contribution in [3.05, 3.63) is 58.4 Å². The molecule has 0 radical (unpaired) electrons. The van der Waals surface area contributed by atoms with Crippen LogP contribution >= 0.6 is 11.3 Å². The molecular weight excluding hydrogens is 372 g/mol. The van der Waals surface area contributed by atoms with Crippen molar-refractivity contribution >= 4 is 17.2 Å². The summed E-state index contributed by atoms with van der Waals surface area (Å²) < 4.78 is 5.29. The normalized spacial score (nSPS) is 15.1. The molecule has 4 rings (SSSR count). The highest BCUT2D eigenvalue weighted by Crippen LogP contribution is 2.25. The van der Waals surface area contributed by atoms with E-state index in [0.717, 1.165) is 60.4 Å². The molecule has 6 nitrogen and oxygen atoms in total. The Hall–Kier alpha value is -2.51. The van der Waals surface area contributed by atoms with Gasteiger partial charge in [-0.05, 0) is 19.9 Å². The van der Waals surface area contributed by atoms with Gasteiger partial charge in [0.05, 0.1) is 24.4 Å². The van der Waals surface area contributed by atoms with Crippen LogP contribution in [0.4, 0.5) is 0 Å². The summed E-state index contributed by atoms with van der Waals surface area (Å²) >= 11 is 1.60. The molecule has 28 heavy (non-hydrogen) atoms. The predicted molar refractivity (Wildman–Crippen MR) is 109 cm³/mol. The molecule has 0 bridgehead atoms. The minimum absolute atomic E-state index is 0.149. The average Bonchev–Trinajstić information content (AvgIpc) is 3.31. The number of amides is 1. The van der Waals surface area contributed by atoms with Crippen LogP contribution in [0.3, 0.4) is 0 Å². The number of aryl methyl sites for hydroxylation is 2. The lowest BCUT2D eigenvalue weighted by Gasteiger charge is -2.34. The fourth-order valence-corrected chi connectivity index (χ4v) is 4.25. The third-order valence-electron chi connectivity index (χ3n) is 4.93. The zero-order chi connectivity index (χ0) is 19.5. The number of carbonyl (C=O) groups excluding carboxylic acids is 1. The molecule has 3 aromatic rings. The van der Waals surface area contributed by atoms with Gasteiger partial charge in [0.1, 0.15) is 5.01 Å². The van der Waals surface area contributed by atoms with Crippen molar-refractivity contribution in [2.45, 2.75) is 26.8 Å². The zero-order valence-electron chi connectivity index (χ0n) is 16.2. The van der Waals surface area contributed by atoms with E-state index in [0.29, 0.717) is 6.42 Å². The van der Waals surface area contributed by atoms with E-state index in [2.05, 4.69) is 40.2 Å². The van der Waals surface area contributed by atoms with Crippen molar-refractivity contribution in [1.82, 2.24) is 19.9 Å². The highest BCUT2D eigenvalue weighted by molar-refractivity contribution is 7.13. The largest absolute Gasteiger partial charge is 0.360 e. The molecule has 0 spiro atoms. The van der Waals surface area contributed by atoms with Gasteiger partial charge >= 0.3 is 0 Å². The van der Waals surface area contributed by atoms with E-state index in [9.17, 15) is 4.79 Å². The van der Waals surface area contributed by atoms with Gasteiger partial charge in [0.15, 0.2) is 5.76 Å². The Morgan fingerprint density at radius 1 is 1.18 bits per heavy atom. The molecule has 1 aromatic carbocycles. The Kier molecular flexibility index (Phi) is 5.54. The highest BCUT2D eigenvalue weighted by Gasteiger charge is 2.22. The molecule has 0 saturated carbocycles. The summed E-state index contributed by atoms with van der Waals surface area (Å²) in [5.41, 5.74) is 4.08. The molecule has 0 unspecified atom stereocenters. The van der Waals surface area contributed by atoms with Crippen LogP contribution in [-0.2, 0) is 17.8 Å². The molecule has 0 aliphatic carbocycles. The molecule has 2 aromatic heterocycles. The van der Waals surface area contributed by atoms with Gasteiger partial charge in [-0.25, -0.2) is 4.98 Å². The zero-order valence-corrected chi connectivity index (χ0v) is 17.0. The maximum Gasteiger partial charge on any atom is 0.228 e. The molecule has 1 saturated heterocycles. The summed E-state index contributed by atoms with van der Waals surface area (Å²) in [5, 5.41) is 6.90. The van der Waals surface area contributed by atoms with Gasteiger partial charge in [-0.1, -0.05) is 28.9 Å². The van der Waals surface area contributed by atoms with Crippen molar-refractivity contribution in [2.24, 2.45) is 0 Å². The number of benzene rings is 1. The standard InChI is InChI=1S/C21H24N4O2S/c1-15-4-3-5-17(10-15)21-22-18(14-28-21)12-20(26)25-8-6-24(7-9-25)13-19-11-16(2)23-27-19/h3-5,10-11,14H,6-9,12-13H2,1-2H3. The van der Waals surface area contributed by atoms with Crippen LogP contribution in [0.5, 0.6) is 0 Å². The summed E-state index contributed by atoms with van der Waals surface area (Å²) in [4.78, 5) is 21.6. The molecule has 1 aliphatic rings. The van der Waals surface area contributed by atoms with E-state index >= 15 is 0 Å². The summed E-state index contributed by atoms with van der Waals surface area (Å²) in [6, 6.07) is 10.3. The van der Waals surface area contributed by atoms with Crippen molar-refractivity contribution in [2.75, 3.05) is 26.2 Å². The molecule has 1 fully saturated rings.